The molecule has 2 aliphatic rings. The van der Waals surface area contributed by atoms with E-state index in [1.165, 1.54) is 19.6 Å². The third kappa shape index (κ3) is 6.03. The first-order valence-electron chi connectivity index (χ1n) is 13.1. The Hall–Kier alpha value is -3.60. The van der Waals surface area contributed by atoms with E-state index in [1.807, 2.05) is 6.08 Å². The van der Waals surface area contributed by atoms with Gasteiger partial charge >= 0.3 is 0 Å². The monoisotopic (exact) mass is 540 g/mol. The number of unbranched alkanes of at least 4 members (excludes halogenated alkanes) is 2. The third-order valence-electron chi connectivity index (χ3n) is 7.16. The molecule has 0 saturated carbocycles. The molecule has 10 heteroatoms. The largest absolute Gasteiger partial charge is 0.493 e. The summed E-state index contributed by atoms with van der Waals surface area (Å²) in [5.41, 5.74) is 2.21. The van der Waals surface area contributed by atoms with Gasteiger partial charge in [-0.05, 0) is 49.1 Å². The van der Waals surface area contributed by atoms with E-state index in [9.17, 15) is 24.9 Å². The summed E-state index contributed by atoms with van der Waals surface area (Å²) < 4.78 is 17.0. The van der Waals surface area contributed by atoms with E-state index in [-0.39, 0.29) is 38.6 Å². The molecule has 0 spiro atoms. The molecule has 4 rings (SSSR count). The molecule has 0 saturated heterocycles. The highest BCUT2D eigenvalue weighted by Gasteiger charge is 2.51. The van der Waals surface area contributed by atoms with Crippen molar-refractivity contribution in [1.82, 2.24) is 10.2 Å². The fourth-order valence-corrected chi connectivity index (χ4v) is 5.27. The van der Waals surface area contributed by atoms with E-state index in [0.717, 1.165) is 18.4 Å². The van der Waals surface area contributed by atoms with Crippen molar-refractivity contribution in [2.24, 2.45) is 0 Å². The first kappa shape index (κ1) is 28.4. The first-order chi connectivity index (χ1) is 18.9. The summed E-state index contributed by atoms with van der Waals surface area (Å²) in [6, 6.07) is 4.25. The minimum atomic E-state index is -1.18. The minimum Gasteiger partial charge on any atom is -0.493 e. The van der Waals surface area contributed by atoms with Gasteiger partial charge in [-0.2, -0.15) is 0 Å². The molecule has 10 nitrogen and oxygen atoms in total. The van der Waals surface area contributed by atoms with Crippen molar-refractivity contribution < 1.29 is 38.8 Å². The van der Waals surface area contributed by atoms with Crippen LogP contribution in [0.3, 0.4) is 0 Å². The Labute approximate surface area is 227 Å². The molecule has 1 aliphatic carbocycles. The minimum absolute atomic E-state index is 0.0372. The SMILES string of the molecule is C=CCCCCC(=O)N(Cc1ccoc1)C1C=C(C(=O)NCCO)C2c3cc(CO)cc(OC)c3OC2C1O. The highest BCUT2D eigenvalue weighted by molar-refractivity contribution is 5.96. The Morgan fingerprint density at radius 3 is 2.72 bits per heavy atom. The van der Waals surface area contributed by atoms with Gasteiger partial charge in [-0.15, -0.1) is 6.58 Å². The van der Waals surface area contributed by atoms with Gasteiger partial charge in [-0.25, -0.2) is 0 Å². The number of nitrogens with zero attached hydrogens (tertiary/aromatic N) is 1. The van der Waals surface area contributed by atoms with E-state index in [0.29, 0.717) is 34.6 Å². The number of nitrogens with one attached hydrogen (secondary N) is 1. The molecule has 0 bridgehead atoms. The van der Waals surface area contributed by atoms with Gasteiger partial charge in [0.05, 0.1) is 44.8 Å². The number of methoxy groups -OCH3 is 1. The highest BCUT2D eigenvalue weighted by atomic mass is 16.5. The van der Waals surface area contributed by atoms with Crippen LogP contribution in [0.4, 0.5) is 0 Å². The second-order valence-electron chi connectivity index (χ2n) is 9.71. The van der Waals surface area contributed by atoms with Crippen molar-refractivity contribution in [2.45, 2.75) is 63.0 Å². The zero-order valence-electron chi connectivity index (χ0n) is 22.0. The maximum absolute atomic E-state index is 13.5. The first-order valence-corrected chi connectivity index (χ1v) is 13.1. The number of furan rings is 1. The number of allylic oxidation sites excluding steroid dienone is 1. The number of fused-ring (bicyclic) bond motifs is 3. The van der Waals surface area contributed by atoms with Crippen molar-refractivity contribution in [3.05, 3.63) is 71.7 Å². The number of hydrogen-bond donors (Lipinski definition) is 4. The highest BCUT2D eigenvalue weighted by Crippen LogP contribution is 2.51. The number of carbonyl (C=O) groups excluding carboxylic acids is 2. The molecule has 2 aromatic rings. The Morgan fingerprint density at radius 2 is 2.05 bits per heavy atom. The van der Waals surface area contributed by atoms with Crippen LogP contribution in [0.2, 0.25) is 0 Å². The molecule has 1 aromatic heterocycles. The lowest BCUT2D eigenvalue weighted by Crippen LogP contribution is -2.55. The van der Waals surface area contributed by atoms with Gasteiger partial charge in [0.2, 0.25) is 11.8 Å². The van der Waals surface area contributed by atoms with Gasteiger partial charge in [-0.1, -0.05) is 6.08 Å². The average molecular weight is 541 g/mol. The zero-order valence-corrected chi connectivity index (χ0v) is 22.0. The lowest BCUT2D eigenvalue weighted by atomic mass is 9.77. The van der Waals surface area contributed by atoms with Gasteiger partial charge < -0.3 is 39.4 Å². The third-order valence-corrected chi connectivity index (χ3v) is 7.16. The molecule has 4 atom stereocenters. The summed E-state index contributed by atoms with van der Waals surface area (Å²) in [7, 11) is 1.48. The Bertz CT molecular complexity index is 1190. The van der Waals surface area contributed by atoms with Crippen LogP contribution < -0.4 is 14.8 Å². The average Bonchev–Trinajstić information content (AvgIpc) is 3.61. The number of aliphatic hydroxyl groups excluding tert-OH is 3. The van der Waals surface area contributed by atoms with Gasteiger partial charge in [0.1, 0.15) is 12.2 Å². The van der Waals surface area contributed by atoms with Crippen molar-refractivity contribution in [1.29, 1.82) is 0 Å². The number of hydrogen-bond acceptors (Lipinski definition) is 8. The summed E-state index contributed by atoms with van der Waals surface area (Å²) >= 11 is 0. The van der Waals surface area contributed by atoms with E-state index in [2.05, 4.69) is 11.9 Å². The Balaban J connectivity index is 1.75. The van der Waals surface area contributed by atoms with Crippen LogP contribution in [0.5, 0.6) is 11.5 Å². The van der Waals surface area contributed by atoms with E-state index >= 15 is 0 Å². The van der Waals surface area contributed by atoms with E-state index < -0.39 is 30.1 Å². The lowest BCUT2D eigenvalue weighted by Gasteiger charge is -2.40. The van der Waals surface area contributed by atoms with Crippen LogP contribution in [0, 0.1) is 0 Å². The maximum Gasteiger partial charge on any atom is 0.247 e. The standard InChI is InChI=1S/C29H36N2O8/c1-3-4-5-6-7-24(34)31(15-18-8-11-38-17-18)22-14-21(29(36)30-9-10-32)25-20-12-19(16-33)13-23(37-2)27(20)39-28(25)26(22)35/h3,8,11-14,17,22,25-26,28,32-33,35H,1,4-7,9-10,15-16H2,2H3,(H,30,36). The molecule has 0 radical (unpaired) electrons. The van der Waals surface area contributed by atoms with Crippen molar-refractivity contribution >= 4 is 11.8 Å². The second kappa shape index (κ2) is 13.0. The molecule has 2 amide bonds. The zero-order chi connectivity index (χ0) is 27.9. The normalized spacial score (nSPS) is 21.3. The van der Waals surface area contributed by atoms with Crippen molar-refractivity contribution in [3.63, 3.8) is 0 Å². The van der Waals surface area contributed by atoms with Gasteiger partial charge in [0.15, 0.2) is 11.5 Å². The van der Waals surface area contributed by atoms with Crippen LogP contribution >= 0.6 is 0 Å². The molecule has 1 aromatic carbocycles. The number of amides is 2. The quantitative estimate of drug-likeness (QED) is 0.224. The lowest BCUT2D eigenvalue weighted by molar-refractivity contribution is -0.138. The molecular formula is C29H36N2O8. The predicted molar refractivity (Wildman–Crippen MR) is 142 cm³/mol. The summed E-state index contributed by atoms with van der Waals surface area (Å²) in [6.45, 7) is 3.44. The molecule has 210 valence electrons. The summed E-state index contributed by atoms with van der Waals surface area (Å²) in [5.74, 6) is -0.545. The number of aliphatic hydroxyl groups is 3. The molecule has 39 heavy (non-hydrogen) atoms. The maximum atomic E-state index is 13.5. The Morgan fingerprint density at radius 1 is 1.23 bits per heavy atom. The molecule has 2 heterocycles. The van der Waals surface area contributed by atoms with Gasteiger partial charge in [0.25, 0.3) is 0 Å². The number of benzene rings is 1. The number of ether oxygens (including phenoxy) is 2. The van der Waals surface area contributed by atoms with E-state index in [4.69, 9.17) is 13.9 Å². The van der Waals surface area contributed by atoms with Crippen LogP contribution in [0.15, 0.2) is 59.4 Å². The molecule has 4 N–H and O–H groups in total. The fraction of sp³-hybridized carbons (Fsp3) is 0.448. The summed E-state index contributed by atoms with van der Waals surface area (Å²) in [6.07, 6.45) is 6.93. The van der Waals surface area contributed by atoms with Crippen LogP contribution in [-0.4, -0.2) is 70.5 Å². The van der Waals surface area contributed by atoms with E-state index in [1.54, 1.807) is 29.2 Å². The molecule has 4 unspecified atom stereocenters. The Kier molecular flexibility index (Phi) is 9.45. The number of rotatable bonds is 13. The summed E-state index contributed by atoms with van der Waals surface area (Å²) in [5, 5.41) is 33.5. The number of carbonyl (C=O) groups is 2. The smallest absolute Gasteiger partial charge is 0.247 e. The second-order valence-corrected chi connectivity index (χ2v) is 9.71. The van der Waals surface area contributed by atoms with Crippen molar-refractivity contribution in [3.8, 4) is 11.5 Å². The molecule has 1 aliphatic heterocycles. The van der Waals surface area contributed by atoms with Crippen LogP contribution in [-0.2, 0) is 22.7 Å². The van der Waals surface area contributed by atoms with Gasteiger partial charge in [-0.3, -0.25) is 9.59 Å². The predicted octanol–water partition coefficient (Wildman–Crippen LogP) is 2.18. The van der Waals surface area contributed by atoms with Crippen LogP contribution in [0.1, 0.15) is 48.3 Å². The molecular weight excluding hydrogens is 504 g/mol. The topological polar surface area (TPSA) is 142 Å². The summed E-state index contributed by atoms with van der Waals surface area (Å²) in [4.78, 5) is 28.5. The fourth-order valence-electron chi connectivity index (χ4n) is 5.27. The van der Waals surface area contributed by atoms with Crippen molar-refractivity contribution in [2.75, 3.05) is 20.3 Å². The van der Waals surface area contributed by atoms with Crippen LogP contribution in [0.25, 0.3) is 0 Å². The molecule has 0 fully saturated rings. The van der Waals surface area contributed by atoms with Gasteiger partial charge in [0, 0.05) is 36.2 Å².